The molecule has 1 aromatic carbocycles. The van der Waals surface area contributed by atoms with E-state index in [1.165, 1.54) is 12.1 Å². The van der Waals surface area contributed by atoms with Gasteiger partial charge in [-0.2, -0.15) is 0 Å². The summed E-state index contributed by atoms with van der Waals surface area (Å²) in [6.07, 6.45) is -0.451. The molecule has 0 amide bonds. The molecule has 0 saturated carbocycles. The third-order valence-electron chi connectivity index (χ3n) is 3.15. The topological polar surface area (TPSA) is 35.5 Å². The number of carbonyl (C=O) groups excluding carboxylic acids is 1. The maximum atomic E-state index is 12.9. The number of benzene rings is 1. The standard InChI is InChI=1S/C13H10BrFO3/c14-10-6-18-13(16)11-9(10)5-17-12(11)7-1-3-8(15)4-2-7/h1-4,10,12H,5-6H2. The van der Waals surface area contributed by atoms with Gasteiger partial charge in [0.25, 0.3) is 0 Å². The Morgan fingerprint density at radius 1 is 1.28 bits per heavy atom. The van der Waals surface area contributed by atoms with Gasteiger partial charge >= 0.3 is 5.97 Å². The molecule has 2 aliphatic heterocycles. The van der Waals surface area contributed by atoms with E-state index in [0.717, 1.165) is 11.1 Å². The SMILES string of the molecule is O=C1OCC(Br)C2=C1C(c1ccc(F)cc1)OC2. The molecule has 0 aliphatic carbocycles. The Kier molecular flexibility index (Phi) is 2.95. The van der Waals surface area contributed by atoms with Crippen molar-refractivity contribution in [2.24, 2.45) is 0 Å². The zero-order valence-electron chi connectivity index (χ0n) is 9.36. The van der Waals surface area contributed by atoms with Gasteiger partial charge < -0.3 is 9.47 Å². The lowest BCUT2D eigenvalue weighted by Crippen LogP contribution is -2.26. The van der Waals surface area contributed by atoms with Crippen LogP contribution in [0, 0.1) is 5.82 Å². The number of alkyl halides is 1. The molecule has 0 bridgehead atoms. The minimum Gasteiger partial charge on any atom is -0.461 e. The molecule has 94 valence electrons. The van der Waals surface area contributed by atoms with Crippen LogP contribution in [-0.2, 0) is 14.3 Å². The Morgan fingerprint density at radius 3 is 2.72 bits per heavy atom. The van der Waals surface area contributed by atoms with Crippen LogP contribution in [0.3, 0.4) is 0 Å². The number of esters is 1. The normalized spacial score (nSPS) is 27.1. The Balaban J connectivity index is 2.00. The maximum Gasteiger partial charge on any atom is 0.337 e. The highest BCUT2D eigenvalue weighted by atomic mass is 79.9. The molecule has 1 aromatic rings. The molecule has 3 rings (SSSR count). The van der Waals surface area contributed by atoms with E-state index >= 15 is 0 Å². The summed E-state index contributed by atoms with van der Waals surface area (Å²) in [7, 11) is 0. The fraction of sp³-hybridized carbons (Fsp3) is 0.308. The third-order valence-corrected chi connectivity index (χ3v) is 3.96. The first kappa shape index (κ1) is 11.9. The Labute approximate surface area is 112 Å². The quantitative estimate of drug-likeness (QED) is 0.590. The average Bonchev–Trinajstić information content (AvgIpc) is 2.81. The lowest BCUT2D eigenvalue weighted by Gasteiger charge is -2.20. The molecule has 0 N–H and O–H groups in total. The first-order valence-electron chi connectivity index (χ1n) is 5.58. The molecule has 2 heterocycles. The largest absolute Gasteiger partial charge is 0.461 e. The minimum absolute atomic E-state index is 0.00986. The number of hydrogen-bond acceptors (Lipinski definition) is 3. The van der Waals surface area contributed by atoms with Crippen LogP contribution in [0.15, 0.2) is 35.4 Å². The van der Waals surface area contributed by atoms with Crippen molar-refractivity contribution < 1.29 is 18.7 Å². The van der Waals surface area contributed by atoms with E-state index in [9.17, 15) is 9.18 Å². The smallest absolute Gasteiger partial charge is 0.337 e. The van der Waals surface area contributed by atoms with Gasteiger partial charge in [0.05, 0.1) is 17.0 Å². The molecule has 18 heavy (non-hydrogen) atoms. The highest BCUT2D eigenvalue weighted by Crippen LogP contribution is 2.40. The molecular weight excluding hydrogens is 303 g/mol. The van der Waals surface area contributed by atoms with Crippen LogP contribution in [0.4, 0.5) is 4.39 Å². The van der Waals surface area contributed by atoms with Gasteiger partial charge in [0, 0.05) is 0 Å². The first-order chi connectivity index (χ1) is 8.66. The van der Waals surface area contributed by atoms with Crippen molar-refractivity contribution in [3.8, 4) is 0 Å². The molecule has 5 heteroatoms. The number of hydrogen-bond donors (Lipinski definition) is 0. The molecular formula is C13H10BrFO3. The predicted molar refractivity (Wildman–Crippen MR) is 65.8 cm³/mol. The lowest BCUT2D eigenvalue weighted by atomic mass is 9.97. The summed E-state index contributed by atoms with van der Waals surface area (Å²) in [5.74, 6) is -0.650. The van der Waals surface area contributed by atoms with Crippen molar-refractivity contribution >= 4 is 21.9 Å². The predicted octanol–water partition coefficient (Wildman–Crippen LogP) is 2.51. The lowest BCUT2D eigenvalue weighted by molar-refractivity contribution is -0.140. The summed E-state index contributed by atoms with van der Waals surface area (Å²) < 4.78 is 23.6. The molecule has 0 fully saturated rings. The van der Waals surface area contributed by atoms with Crippen molar-refractivity contribution in [3.05, 3.63) is 46.8 Å². The number of halogens is 2. The second-order valence-corrected chi connectivity index (χ2v) is 5.35. The monoisotopic (exact) mass is 312 g/mol. The van der Waals surface area contributed by atoms with E-state index in [-0.39, 0.29) is 16.6 Å². The Hall–Kier alpha value is -1.20. The molecule has 2 unspecified atom stereocenters. The van der Waals surface area contributed by atoms with Crippen LogP contribution in [0.2, 0.25) is 0 Å². The van der Waals surface area contributed by atoms with Crippen LogP contribution in [0.5, 0.6) is 0 Å². The number of carbonyl (C=O) groups is 1. The van der Waals surface area contributed by atoms with Crippen LogP contribution in [0.1, 0.15) is 11.7 Å². The molecule has 2 aliphatic rings. The van der Waals surface area contributed by atoms with Gasteiger partial charge in [0.2, 0.25) is 0 Å². The van der Waals surface area contributed by atoms with E-state index in [4.69, 9.17) is 9.47 Å². The second kappa shape index (κ2) is 4.48. The highest BCUT2D eigenvalue weighted by molar-refractivity contribution is 9.09. The van der Waals surface area contributed by atoms with E-state index in [0.29, 0.717) is 18.8 Å². The molecule has 0 saturated heterocycles. The molecule has 0 aromatic heterocycles. The van der Waals surface area contributed by atoms with Gasteiger partial charge in [-0.15, -0.1) is 0 Å². The zero-order valence-corrected chi connectivity index (χ0v) is 10.9. The number of rotatable bonds is 1. The van der Waals surface area contributed by atoms with Gasteiger partial charge in [0.1, 0.15) is 18.5 Å². The molecule has 0 spiro atoms. The van der Waals surface area contributed by atoms with Crippen molar-refractivity contribution in [2.75, 3.05) is 13.2 Å². The first-order valence-corrected chi connectivity index (χ1v) is 6.49. The minimum atomic E-state index is -0.451. The number of ether oxygens (including phenoxy) is 2. The Bertz CT molecular complexity index is 524. The van der Waals surface area contributed by atoms with Crippen LogP contribution in [-0.4, -0.2) is 24.0 Å². The van der Waals surface area contributed by atoms with Gasteiger partial charge in [-0.25, -0.2) is 9.18 Å². The summed E-state index contributed by atoms with van der Waals surface area (Å²) in [5, 5.41) is 0. The summed E-state index contributed by atoms with van der Waals surface area (Å²) in [4.78, 5) is 11.8. The van der Waals surface area contributed by atoms with Crippen molar-refractivity contribution in [2.45, 2.75) is 10.9 Å². The van der Waals surface area contributed by atoms with Crippen LogP contribution >= 0.6 is 15.9 Å². The highest BCUT2D eigenvalue weighted by Gasteiger charge is 2.39. The third kappa shape index (κ3) is 1.87. The van der Waals surface area contributed by atoms with Gasteiger partial charge in [-0.3, -0.25) is 0 Å². The van der Waals surface area contributed by atoms with Crippen molar-refractivity contribution in [3.63, 3.8) is 0 Å². The summed E-state index contributed by atoms with van der Waals surface area (Å²) >= 11 is 3.46. The maximum absolute atomic E-state index is 12.9. The van der Waals surface area contributed by atoms with Crippen LogP contribution in [0.25, 0.3) is 0 Å². The van der Waals surface area contributed by atoms with Crippen LogP contribution < -0.4 is 0 Å². The van der Waals surface area contributed by atoms with Gasteiger partial charge in [-0.05, 0) is 23.3 Å². The molecule has 0 radical (unpaired) electrons. The van der Waals surface area contributed by atoms with E-state index in [2.05, 4.69) is 15.9 Å². The van der Waals surface area contributed by atoms with E-state index in [1.807, 2.05) is 0 Å². The molecule has 3 nitrogen and oxygen atoms in total. The fourth-order valence-electron chi connectivity index (χ4n) is 2.23. The fourth-order valence-corrected chi connectivity index (χ4v) is 2.74. The molecule has 2 atom stereocenters. The average molecular weight is 313 g/mol. The van der Waals surface area contributed by atoms with Crippen molar-refractivity contribution in [1.29, 1.82) is 0 Å². The zero-order chi connectivity index (χ0) is 12.7. The van der Waals surface area contributed by atoms with E-state index in [1.54, 1.807) is 12.1 Å². The summed E-state index contributed by atoms with van der Waals surface area (Å²) in [6, 6.07) is 5.97. The Morgan fingerprint density at radius 2 is 2.00 bits per heavy atom. The van der Waals surface area contributed by atoms with E-state index < -0.39 is 6.10 Å². The summed E-state index contributed by atoms with van der Waals surface area (Å²) in [5.41, 5.74) is 2.25. The summed E-state index contributed by atoms with van der Waals surface area (Å²) in [6.45, 7) is 0.736. The van der Waals surface area contributed by atoms with Crippen molar-refractivity contribution in [1.82, 2.24) is 0 Å². The number of cyclic esters (lactones) is 1. The second-order valence-electron chi connectivity index (χ2n) is 4.25. The van der Waals surface area contributed by atoms with Gasteiger partial charge in [-0.1, -0.05) is 28.1 Å². The van der Waals surface area contributed by atoms with Gasteiger partial charge in [0.15, 0.2) is 0 Å².